The van der Waals surface area contributed by atoms with Gasteiger partial charge in [0.1, 0.15) is 0 Å². The number of carbonyl (C=O) groups excluding carboxylic acids is 1. The zero-order valence-electron chi connectivity index (χ0n) is 11.9. The minimum absolute atomic E-state index is 0.0555. The third kappa shape index (κ3) is 5.02. The van der Waals surface area contributed by atoms with Crippen molar-refractivity contribution in [1.29, 1.82) is 0 Å². The van der Waals surface area contributed by atoms with E-state index in [1.165, 1.54) is 0 Å². The van der Waals surface area contributed by atoms with E-state index in [1.54, 1.807) is 12.1 Å². The highest BCUT2D eigenvalue weighted by Crippen LogP contribution is 2.27. The molecule has 6 heteroatoms. The maximum Gasteiger partial charge on any atom is 0.304 e. The van der Waals surface area contributed by atoms with Crippen LogP contribution in [0.1, 0.15) is 24.8 Å². The fraction of sp³-hybridized carbons (Fsp3) is 0.467. The third-order valence-corrected chi connectivity index (χ3v) is 3.73. The van der Waals surface area contributed by atoms with Gasteiger partial charge in [0.2, 0.25) is 5.91 Å². The molecule has 0 heterocycles. The summed E-state index contributed by atoms with van der Waals surface area (Å²) < 4.78 is 0. The normalized spacial score (nSPS) is 14.2. The Labute approximate surface area is 128 Å². The zero-order valence-corrected chi connectivity index (χ0v) is 12.7. The summed E-state index contributed by atoms with van der Waals surface area (Å²) in [4.78, 5) is 24.7. The van der Waals surface area contributed by atoms with Crippen molar-refractivity contribution in [1.82, 2.24) is 4.90 Å². The first-order chi connectivity index (χ1) is 9.95. The predicted octanol–water partition coefficient (Wildman–Crippen LogP) is 2.53. The van der Waals surface area contributed by atoms with Gasteiger partial charge in [0, 0.05) is 23.3 Å². The molecule has 1 fully saturated rings. The van der Waals surface area contributed by atoms with Crippen LogP contribution in [0.2, 0.25) is 5.02 Å². The number of carboxylic acids is 1. The molecule has 1 aromatic rings. The van der Waals surface area contributed by atoms with Crippen molar-refractivity contribution in [2.75, 3.05) is 18.4 Å². The summed E-state index contributed by atoms with van der Waals surface area (Å²) >= 11 is 5.92. The predicted molar refractivity (Wildman–Crippen MR) is 81.7 cm³/mol. The highest BCUT2D eigenvalue weighted by atomic mass is 35.5. The maximum atomic E-state index is 12.1. The van der Waals surface area contributed by atoms with E-state index in [1.807, 2.05) is 17.9 Å². The van der Waals surface area contributed by atoms with Crippen molar-refractivity contribution in [3.05, 3.63) is 28.8 Å². The average molecular weight is 311 g/mol. The second-order valence-corrected chi connectivity index (χ2v) is 5.79. The topological polar surface area (TPSA) is 69.6 Å². The number of nitrogens with one attached hydrogen (secondary N) is 1. The van der Waals surface area contributed by atoms with E-state index in [0.29, 0.717) is 23.3 Å². The number of nitrogens with zero attached hydrogens (tertiary/aromatic N) is 1. The van der Waals surface area contributed by atoms with Crippen LogP contribution in [0.3, 0.4) is 0 Å². The summed E-state index contributed by atoms with van der Waals surface area (Å²) in [5.74, 6) is -0.982. The van der Waals surface area contributed by atoms with E-state index >= 15 is 0 Å². The highest BCUT2D eigenvalue weighted by Gasteiger charge is 2.30. The lowest BCUT2D eigenvalue weighted by molar-refractivity contribution is -0.137. The lowest BCUT2D eigenvalue weighted by atomic mass is 10.2. The van der Waals surface area contributed by atoms with Gasteiger partial charge in [-0.1, -0.05) is 17.7 Å². The van der Waals surface area contributed by atoms with Crippen LogP contribution in [0.4, 0.5) is 5.69 Å². The highest BCUT2D eigenvalue weighted by molar-refractivity contribution is 6.31. The van der Waals surface area contributed by atoms with Gasteiger partial charge >= 0.3 is 5.97 Å². The van der Waals surface area contributed by atoms with Crippen LogP contribution >= 0.6 is 11.6 Å². The van der Waals surface area contributed by atoms with Gasteiger partial charge in [-0.3, -0.25) is 14.5 Å². The number of hydrogen-bond acceptors (Lipinski definition) is 3. The van der Waals surface area contributed by atoms with Crippen molar-refractivity contribution < 1.29 is 14.7 Å². The maximum absolute atomic E-state index is 12.1. The molecule has 114 valence electrons. The van der Waals surface area contributed by atoms with E-state index in [2.05, 4.69) is 5.32 Å². The molecule has 1 amide bonds. The Bertz CT molecular complexity index is 544. The van der Waals surface area contributed by atoms with Crippen LogP contribution in [0.15, 0.2) is 18.2 Å². The molecule has 0 unspecified atom stereocenters. The van der Waals surface area contributed by atoms with Crippen molar-refractivity contribution >= 4 is 29.2 Å². The minimum Gasteiger partial charge on any atom is -0.481 e. The van der Waals surface area contributed by atoms with Gasteiger partial charge in [-0.15, -0.1) is 0 Å². The molecule has 1 aliphatic carbocycles. The molecule has 0 radical (unpaired) electrons. The van der Waals surface area contributed by atoms with E-state index in [-0.39, 0.29) is 18.9 Å². The van der Waals surface area contributed by atoms with E-state index < -0.39 is 5.97 Å². The lowest BCUT2D eigenvalue weighted by Crippen LogP contribution is -2.36. The summed E-state index contributed by atoms with van der Waals surface area (Å²) in [5, 5.41) is 12.2. The molecular weight excluding hydrogens is 292 g/mol. The minimum atomic E-state index is -0.841. The number of aryl methyl sites for hydroxylation is 1. The number of carbonyl (C=O) groups is 2. The van der Waals surface area contributed by atoms with Crippen molar-refractivity contribution in [2.24, 2.45) is 0 Å². The second-order valence-electron chi connectivity index (χ2n) is 5.35. The summed E-state index contributed by atoms with van der Waals surface area (Å²) in [6.07, 6.45) is 2.12. The number of aliphatic carboxylic acids is 1. The first kappa shape index (κ1) is 15.8. The standard InChI is InChI=1S/C15H19ClN2O3/c1-10-2-3-11(16)8-13(10)17-14(19)9-18(12-4-5-12)7-6-15(20)21/h2-3,8,12H,4-7,9H2,1H3,(H,17,19)(H,20,21). The van der Waals surface area contributed by atoms with Crippen molar-refractivity contribution in [3.63, 3.8) is 0 Å². The lowest BCUT2D eigenvalue weighted by Gasteiger charge is -2.20. The van der Waals surface area contributed by atoms with Gasteiger partial charge in [0.05, 0.1) is 13.0 Å². The number of anilines is 1. The van der Waals surface area contributed by atoms with Gasteiger partial charge < -0.3 is 10.4 Å². The zero-order chi connectivity index (χ0) is 15.4. The Morgan fingerprint density at radius 2 is 2.14 bits per heavy atom. The van der Waals surface area contributed by atoms with Crippen LogP contribution in [-0.2, 0) is 9.59 Å². The Morgan fingerprint density at radius 1 is 1.43 bits per heavy atom. The van der Waals surface area contributed by atoms with E-state index in [0.717, 1.165) is 18.4 Å². The molecule has 0 aliphatic heterocycles. The molecule has 0 bridgehead atoms. The Hall–Kier alpha value is -1.59. The van der Waals surface area contributed by atoms with Gasteiger partial charge in [0.15, 0.2) is 0 Å². The SMILES string of the molecule is Cc1ccc(Cl)cc1NC(=O)CN(CCC(=O)O)C1CC1. The van der Waals surface area contributed by atoms with Gasteiger partial charge in [-0.2, -0.15) is 0 Å². The molecule has 1 saturated carbocycles. The van der Waals surface area contributed by atoms with Gasteiger partial charge in [0.25, 0.3) is 0 Å². The summed E-state index contributed by atoms with van der Waals surface area (Å²) in [6.45, 7) is 2.51. The van der Waals surface area contributed by atoms with Crippen molar-refractivity contribution in [2.45, 2.75) is 32.2 Å². The molecule has 0 spiro atoms. The Balaban J connectivity index is 1.92. The number of carboxylic acid groups (broad SMARTS) is 1. The molecule has 2 N–H and O–H groups in total. The van der Waals surface area contributed by atoms with Crippen LogP contribution in [-0.4, -0.2) is 41.0 Å². The van der Waals surface area contributed by atoms with Crippen LogP contribution in [0.25, 0.3) is 0 Å². The molecular formula is C15H19ClN2O3. The number of amides is 1. The first-order valence-corrected chi connectivity index (χ1v) is 7.35. The largest absolute Gasteiger partial charge is 0.481 e. The van der Waals surface area contributed by atoms with Gasteiger partial charge in [-0.05, 0) is 37.5 Å². The monoisotopic (exact) mass is 310 g/mol. The van der Waals surface area contributed by atoms with Crippen LogP contribution < -0.4 is 5.32 Å². The molecule has 5 nitrogen and oxygen atoms in total. The first-order valence-electron chi connectivity index (χ1n) is 6.97. The van der Waals surface area contributed by atoms with Gasteiger partial charge in [-0.25, -0.2) is 0 Å². The summed E-state index contributed by atoms with van der Waals surface area (Å²) in [7, 11) is 0. The molecule has 0 aromatic heterocycles. The second kappa shape index (κ2) is 6.91. The van der Waals surface area contributed by atoms with Crippen molar-refractivity contribution in [3.8, 4) is 0 Å². The summed E-state index contributed by atoms with van der Waals surface area (Å²) in [6, 6.07) is 5.68. The third-order valence-electron chi connectivity index (χ3n) is 3.50. The number of rotatable bonds is 7. The quantitative estimate of drug-likeness (QED) is 0.812. The summed E-state index contributed by atoms with van der Waals surface area (Å²) in [5.41, 5.74) is 1.64. The molecule has 0 saturated heterocycles. The average Bonchev–Trinajstić information content (AvgIpc) is 3.23. The number of benzene rings is 1. The smallest absolute Gasteiger partial charge is 0.304 e. The fourth-order valence-corrected chi connectivity index (χ4v) is 2.34. The molecule has 21 heavy (non-hydrogen) atoms. The molecule has 1 aliphatic rings. The molecule has 1 aromatic carbocycles. The Kier molecular flexibility index (Phi) is 5.20. The number of halogens is 1. The molecule has 2 rings (SSSR count). The van der Waals surface area contributed by atoms with Crippen LogP contribution in [0.5, 0.6) is 0 Å². The number of hydrogen-bond donors (Lipinski definition) is 2. The Morgan fingerprint density at radius 3 is 2.76 bits per heavy atom. The van der Waals surface area contributed by atoms with E-state index in [4.69, 9.17) is 16.7 Å². The fourth-order valence-electron chi connectivity index (χ4n) is 2.17. The molecule has 0 atom stereocenters. The van der Waals surface area contributed by atoms with Crippen LogP contribution in [0, 0.1) is 6.92 Å². The van der Waals surface area contributed by atoms with E-state index in [9.17, 15) is 9.59 Å².